The lowest BCUT2D eigenvalue weighted by Crippen LogP contribution is -2.49. The molecule has 1 aliphatic heterocycles. The second-order valence-corrected chi connectivity index (χ2v) is 5.57. The molecule has 0 bridgehead atoms. The average Bonchev–Trinajstić information content (AvgIpc) is 2.41. The van der Waals surface area contributed by atoms with E-state index in [4.69, 9.17) is 9.84 Å². The Balaban J connectivity index is 2.26. The molecule has 1 heterocycles. The van der Waals surface area contributed by atoms with Crippen molar-refractivity contribution in [2.45, 2.75) is 32.6 Å². The van der Waals surface area contributed by atoms with Crippen LogP contribution in [-0.2, 0) is 9.53 Å². The molecule has 2 amide bonds. The number of carbonyl (C=O) groups is 2. The van der Waals surface area contributed by atoms with E-state index in [1.54, 1.807) is 12.0 Å². The Kier molecular flexibility index (Phi) is 7.36. The molecule has 2 N–H and O–H groups in total. The van der Waals surface area contributed by atoms with Crippen molar-refractivity contribution in [2.24, 2.45) is 11.8 Å². The fourth-order valence-corrected chi connectivity index (χ4v) is 2.55. The fraction of sp³-hybridized carbons (Fsp3) is 0.857. The maximum Gasteiger partial charge on any atom is 0.317 e. The summed E-state index contributed by atoms with van der Waals surface area (Å²) in [5, 5.41) is 11.9. The Morgan fingerprint density at radius 2 is 2.05 bits per heavy atom. The van der Waals surface area contributed by atoms with Gasteiger partial charge in [0, 0.05) is 33.4 Å². The molecule has 0 spiro atoms. The molecule has 0 aromatic rings. The van der Waals surface area contributed by atoms with E-state index in [1.165, 1.54) is 0 Å². The monoisotopic (exact) mass is 286 g/mol. The zero-order valence-electron chi connectivity index (χ0n) is 12.4. The Labute approximate surface area is 120 Å². The van der Waals surface area contributed by atoms with Crippen LogP contribution in [0.1, 0.15) is 32.6 Å². The summed E-state index contributed by atoms with van der Waals surface area (Å²) in [6.45, 7) is 4.32. The number of ether oxygens (including phenoxy) is 1. The van der Waals surface area contributed by atoms with Gasteiger partial charge < -0.3 is 20.1 Å². The van der Waals surface area contributed by atoms with Gasteiger partial charge in [0.05, 0.1) is 5.92 Å². The number of likely N-dealkylation sites (tertiary alicyclic amines) is 1. The highest BCUT2D eigenvalue weighted by Gasteiger charge is 2.31. The van der Waals surface area contributed by atoms with Crippen molar-refractivity contribution in [3.63, 3.8) is 0 Å². The number of carbonyl (C=O) groups excluding carboxylic acids is 1. The Hall–Kier alpha value is -1.30. The molecule has 0 aliphatic carbocycles. The van der Waals surface area contributed by atoms with Gasteiger partial charge in [0.2, 0.25) is 0 Å². The molecule has 1 rings (SSSR count). The lowest BCUT2D eigenvalue weighted by Gasteiger charge is -2.34. The summed E-state index contributed by atoms with van der Waals surface area (Å²) < 4.78 is 4.96. The van der Waals surface area contributed by atoms with E-state index in [0.717, 1.165) is 25.9 Å². The number of hydrogen-bond donors (Lipinski definition) is 2. The normalized spacial score (nSPS) is 22.6. The quantitative estimate of drug-likeness (QED) is 0.696. The van der Waals surface area contributed by atoms with Gasteiger partial charge in [-0.25, -0.2) is 4.79 Å². The molecule has 20 heavy (non-hydrogen) atoms. The molecule has 2 atom stereocenters. The summed E-state index contributed by atoms with van der Waals surface area (Å²) in [6.07, 6.45) is 3.58. The fourth-order valence-electron chi connectivity index (χ4n) is 2.55. The molecular formula is C14H26N2O4. The summed E-state index contributed by atoms with van der Waals surface area (Å²) in [4.78, 5) is 24.7. The molecule has 1 fully saturated rings. The van der Waals surface area contributed by atoms with Crippen LogP contribution in [-0.4, -0.2) is 55.4 Å². The third-order valence-corrected chi connectivity index (χ3v) is 3.60. The van der Waals surface area contributed by atoms with Gasteiger partial charge in [-0.15, -0.1) is 0 Å². The smallest absolute Gasteiger partial charge is 0.317 e. The van der Waals surface area contributed by atoms with Crippen molar-refractivity contribution in [3.8, 4) is 0 Å². The first-order chi connectivity index (χ1) is 9.54. The number of piperidine rings is 1. The van der Waals surface area contributed by atoms with Crippen LogP contribution in [0, 0.1) is 11.8 Å². The predicted molar refractivity (Wildman–Crippen MR) is 75.6 cm³/mol. The molecule has 1 aliphatic rings. The van der Waals surface area contributed by atoms with Gasteiger partial charge in [-0.2, -0.15) is 0 Å². The van der Waals surface area contributed by atoms with Gasteiger partial charge >= 0.3 is 12.0 Å². The number of nitrogens with one attached hydrogen (secondary N) is 1. The number of carboxylic acids is 1. The van der Waals surface area contributed by atoms with Gasteiger partial charge in [0.25, 0.3) is 0 Å². The average molecular weight is 286 g/mol. The molecule has 6 nitrogen and oxygen atoms in total. The van der Waals surface area contributed by atoms with Crippen molar-refractivity contribution in [2.75, 3.05) is 33.4 Å². The van der Waals surface area contributed by atoms with Crippen molar-refractivity contribution < 1.29 is 19.4 Å². The molecule has 0 saturated carbocycles. The van der Waals surface area contributed by atoms with Crippen LogP contribution in [0.15, 0.2) is 0 Å². The number of carboxylic acid groups (broad SMARTS) is 1. The number of urea groups is 1. The second-order valence-electron chi connectivity index (χ2n) is 5.57. The van der Waals surface area contributed by atoms with Crippen molar-refractivity contribution in [1.82, 2.24) is 10.2 Å². The van der Waals surface area contributed by atoms with Gasteiger partial charge in [-0.1, -0.05) is 6.92 Å². The number of aliphatic carboxylic acids is 1. The first kappa shape index (κ1) is 16.8. The Morgan fingerprint density at radius 1 is 1.30 bits per heavy atom. The van der Waals surface area contributed by atoms with Crippen LogP contribution in [0.4, 0.5) is 4.79 Å². The predicted octanol–water partition coefficient (Wildman–Crippen LogP) is 1.56. The lowest BCUT2D eigenvalue weighted by atomic mass is 9.91. The third kappa shape index (κ3) is 5.77. The maximum atomic E-state index is 12.0. The summed E-state index contributed by atoms with van der Waals surface area (Å²) in [6, 6.07) is -0.144. The highest BCUT2D eigenvalue weighted by molar-refractivity contribution is 5.76. The molecule has 6 heteroatoms. The molecule has 1 saturated heterocycles. The first-order valence-electron chi connectivity index (χ1n) is 7.29. The van der Waals surface area contributed by atoms with Gasteiger partial charge in [-0.05, 0) is 31.6 Å². The Morgan fingerprint density at radius 3 is 2.70 bits per heavy atom. The van der Waals surface area contributed by atoms with Crippen LogP contribution in [0.3, 0.4) is 0 Å². The lowest BCUT2D eigenvalue weighted by molar-refractivity contribution is -0.143. The number of nitrogens with zero attached hydrogens (tertiary/aromatic N) is 1. The van der Waals surface area contributed by atoms with Crippen molar-refractivity contribution in [1.29, 1.82) is 0 Å². The van der Waals surface area contributed by atoms with E-state index < -0.39 is 11.9 Å². The summed E-state index contributed by atoms with van der Waals surface area (Å²) in [5.41, 5.74) is 0. The topological polar surface area (TPSA) is 78.9 Å². The molecule has 0 aromatic carbocycles. The summed E-state index contributed by atoms with van der Waals surface area (Å²) in [5.74, 6) is -1.02. The van der Waals surface area contributed by atoms with Crippen LogP contribution in [0.25, 0.3) is 0 Å². The minimum Gasteiger partial charge on any atom is -0.481 e. The molecule has 0 radical (unpaired) electrons. The molecule has 0 aromatic heterocycles. The van der Waals surface area contributed by atoms with Gasteiger partial charge in [0.15, 0.2) is 0 Å². The van der Waals surface area contributed by atoms with Crippen LogP contribution >= 0.6 is 0 Å². The molecule has 2 unspecified atom stereocenters. The molecular weight excluding hydrogens is 260 g/mol. The number of hydrogen-bond acceptors (Lipinski definition) is 3. The highest BCUT2D eigenvalue weighted by atomic mass is 16.5. The maximum absolute atomic E-state index is 12.0. The second kappa shape index (κ2) is 8.79. The van der Waals surface area contributed by atoms with E-state index in [9.17, 15) is 9.59 Å². The standard InChI is InChI=1S/C14H26N2O4/c1-11-8-12(13(17)18)10-16(9-11)14(19)15-6-4-3-5-7-20-2/h11-12H,3-10H2,1-2H3,(H,15,19)(H,17,18). The van der Waals surface area contributed by atoms with Gasteiger partial charge in [0.1, 0.15) is 0 Å². The number of methoxy groups -OCH3 is 1. The number of unbranched alkanes of at least 4 members (excludes halogenated alkanes) is 2. The van der Waals surface area contributed by atoms with E-state index in [1.807, 2.05) is 6.92 Å². The van der Waals surface area contributed by atoms with E-state index in [-0.39, 0.29) is 11.9 Å². The van der Waals surface area contributed by atoms with E-state index in [0.29, 0.717) is 26.1 Å². The van der Waals surface area contributed by atoms with Crippen molar-refractivity contribution in [3.05, 3.63) is 0 Å². The number of amides is 2. The minimum atomic E-state index is -0.811. The zero-order valence-corrected chi connectivity index (χ0v) is 12.4. The van der Waals surface area contributed by atoms with Gasteiger partial charge in [-0.3, -0.25) is 4.79 Å². The summed E-state index contributed by atoms with van der Waals surface area (Å²) in [7, 11) is 1.68. The zero-order chi connectivity index (χ0) is 15.0. The SMILES string of the molecule is COCCCCCNC(=O)N1CC(C)CC(C(=O)O)C1. The minimum absolute atomic E-state index is 0.144. The van der Waals surface area contributed by atoms with E-state index in [2.05, 4.69) is 5.32 Å². The number of rotatable bonds is 7. The third-order valence-electron chi connectivity index (χ3n) is 3.60. The largest absolute Gasteiger partial charge is 0.481 e. The van der Waals surface area contributed by atoms with Crippen LogP contribution in [0.2, 0.25) is 0 Å². The van der Waals surface area contributed by atoms with Crippen molar-refractivity contribution >= 4 is 12.0 Å². The van der Waals surface area contributed by atoms with E-state index >= 15 is 0 Å². The van der Waals surface area contributed by atoms with Crippen LogP contribution in [0.5, 0.6) is 0 Å². The Bertz CT molecular complexity index is 322. The summed E-state index contributed by atoms with van der Waals surface area (Å²) >= 11 is 0. The molecule has 116 valence electrons. The van der Waals surface area contributed by atoms with Crippen LogP contribution < -0.4 is 5.32 Å². The first-order valence-corrected chi connectivity index (χ1v) is 7.29. The highest BCUT2D eigenvalue weighted by Crippen LogP contribution is 2.21.